The molecule has 1 amide bonds. The summed E-state index contributed by atoms with van der Waals surface area (Å²) in [6.45, 7) is 3.59. The van der Waals surface area contributed by atoms with E-state index >= 15 is 0 Å². The summed E-state index contributed by atoms with van der Waals surface area (Å²) in [5.41, 5.74) is 3.42. The Hall–Kier alpha value is -3.33. The molecule has 0 bridgehead atoms. The summed E-state index contributed by atoms with van der Waals surface area (Å²) >= 11 is 0. The zero-order chi connectivity index (χ0) is 21.3. The number of benzene rings is 2. The second-order valence-electron chi connectivity index (χ2n) is 5.93. The second kappa shape index (κ2) is 10.3. The molecule has 0 radical (unpaired) electrons. The first-order valence-corrected chi connectivity index (χ1v) is 10.5. The number of ether oxygens (including phenoxy) is 2. The average Bonchev–Trinajstić information content (AvgIpc) is 2.71. The molecule has 2 aromatic carbocycles. The van der Waals surface area contributed by atoms with Crippen molar-refractivity contribution >= 4 is 27.8 Å². The fourth-order valence-corrected chi connectivity index (χ4v) is 3.15. The van der Waals surface area contributed by atoms with Gasteiger partial charge in [-0.3, -0.25) is 9.10 Å². The van der Waals surface area contributed by atoms with E-state index in [0.29, 0.717) is 23.8 Å². The van der Waals surface area contributed by atoms with Crippen LogP contribution in [0.3, 0.4) is 0 Å². The topological polar surface area (TPSA) is 97.3 Å². The van der Waals surface area contributed by atoms with Gasteiger partial charge in [0, 0.05) is 0 Å². The Labute approximate surface area is 170 Å². The quantitative estimate of drug-likeness (QED) is 0.363. The number of carbonyl (C=O) groups excluding carboxylic acids is 1. The number of hydrogen-bond acceptors (Lipinski definition) is 6. The molecule has 0 heterocycles. The van der Waals surface area contributed by atoms with Crippen LogP contribution in [0, 0.1) is 0 Å². The molecule has 0 aromatic heterocycles. The van der Waals surface area contributed by atoms with Gasteiger partial charge in [0.05, 0.1) is 25.3 Å². The molecule has 2 rings (SSSR count). The third-order valence-corrected chi connectivity index (χ3v) is 4.84. The van der Waals surface area contributed by atoms with Gasteiger partial charge in [0.2, 0.25) is 10.0 Å². The molecule has 8 nitrogen and oxygen atoms in total. The smallest absolute Gasteiger partial charge is 0.260 e. The minimum atomic E-state index is -3.66. The zero-order valence-corrected chi connectivity index (χ0v) is 17.1. The standard InChI is InChI=1S/C20H23N3O5S/c1-4-13-28-19-9-5-16(6-10-19)14-21-22-20(24)15-23(29(3,25)26)17-7-11-18(27-2)12-8-17/h4-12,14H,1,13,15H2,2-3H3,(H,22,24)/b21-14-. The first kappa shape index (κ1) is 22.0. The predicted octanol–water partition coefficient (Wildman–Crippen LogP) is 2.18. The van der Waals surface area contributed by atoms with E-state index in [9.17, 15) is 13.2 Å². The molecule has 0 saturated carbocycles. The first-order valence-electron chi connectivity index (χ1n) is 8.61. The van der Waals surface area contributed by atoms with E-state index < -0.39 is 22.5 Å². The summed E-state index contributed by atoms with van der Waals surface area (Å²) in [6, 6.07) is 13.4. The Morgan fingerprint density at radius 3 is 2.31 bits per heavy atom. The van der Waals surface area contributed by atoms with Crippen molar-refractivity contribution in [1.29, 1.82) is 0 Å². The van der Waals surface area contributed by atoms with Crippen LogP contribution in [0.5, 0.6) is 11.5 Å². The molecular weight excluding hydrogens is 394 g/mol. The minimum absolute atomic E-state index is 0.350. The Kier molecular flexibility index (Phi) is 7.79. The predicted molar refractivity (Wildman–Crippen MR) is 113 cm³/mol. The zero-order valence-electron chi connectivity index (χ0n) is 16.2. The lowest BCUT2D eigenvalue weighted by Gasteiger charge is -2.21. The molecule has 2 aromatic rings. The Balaban J connectivity index is 1.99. The van der Waals surface area contributed by atoms with Crippen LogP contribution in [0.25, 0.3) is 0 Å². The molecule has 1 N–H and O–H groups in total. The van der Waals surface area contributed by atoms with Gasteiger partial charge in [-0.1, -0.05) is 12.7 Å². The van der Waals surface area contributed by atoms with E-state index in [2.05, 4.69) is 17.1 Å². The van der Waals surface area contributed by atoms with Gasteiger partial charge < -0.3 is 9.47 Å². The highest BCUT2D eigenvalue weighted by Crippen LogP contribution is 2.21. The summed E-state index contributed by atoms with van der Waals surface area (Å²) in [4.78, 5) is 12.2. The van der Waals surface area contributed by atoms with Crippen molar-refractivity contribution in [3.05, 3.63) is 66.7 Å². The van der Waals surface area contributed by atoms with Crippen molar-refractivity contribution in [3.63, 3.8) is 0 Å². The second-order valence-corrected chi connectivity index (χ2v) is 7.84. The number of nitrogens with one attached hydrogen (secondary N) is 1. The Morgan fingerprint density at radius 2 is 1.76 bits per heavy atom. The Bertz CT molecular complexity index is 955. The molecule has 0 fully saturated rings. The number of carbonyl (C=O) groups is 1. The maximum atomic E-state index is 12.2. The van der Waals surface area contributed by atoms with Crippen molar-refractivity contribution < 1.29 is 22.7 Å². The van der Waals surface area contributed by atoms with Crippen molar-refractivity contribution in [3.8, 4) is 11.5 Å². The van der Waals surface area contributed by atoms with Crippen LogP contribution in [0.2, 0.25) is 0 Å². The normalized spacial score (nSPS) is 11.1. The monoisotopic (exact) mass is 417 g/mol. The van der Waals surface area contributed by atoms with Gasteiger partial charge in [-0.15, -0.1) is 0 Å². The number of hydrazone groups is 1. The van der Waals surface area contributed by atoms with Crippen LogP contribution in [0.15, 0.2) is 66.3 Å². The maximum absolute atomic E-state index is 12.2. The Morgan fingerprint density at radius 1 is 1.14 bits per heavy atom. The molecule has 29 heavy (non-hydrogen) atoms. The van der Waals surface area contributed by atoms with Gasteiger partial charge in [0.15, 0.2) is 0 Å². The van der Waals surface area contributed by atoms with Crippen LogP contribution < -0.4 is 19.2 Å². The van der Waals surface area contributed by atoms with Crippen molar-refractivity contribution in [2.75, 3.05) is 30.8 Å². The number of sulfonamides is 1. The summed E-state index contributed by atoms with van der Waals surface area (Å²) in [7, 11) is -2.15. The lowest BCUT2D eigenvalue weighted by Crippen LogP contribution is -2.39. The highest BCUT2D eigenvalue weighted by atomic mass is 32.2. The summed E-state index contributed by atoms with van der Waals surface area (Å²) in [5.74, 6) is 0.694. The fraction of sp³-hybridized carbons (Fsp3) is 0.200. The molecule has 0 aliphatic heterocycles. The van der Waals surface area contributed by atoms with E-state index in [1.165, 1.54) is 13.3 Å². The molecule has 0 spiro atoms. The molecule has 0 atom stereocenters. The number of hydrogen-bond donors (Lipinski definition) is 1. The number of anilines is 1. The van der Waals surface area contributed by atoms with Gasteiger partial charge >= 0.3 is 0 Å². The molecule has 0 saturated heterocycles. The van der Waals surface area contributed by atoms with Crippen LogP contribution in [-0.2, 0) is 14.8 Å². The summed E-state index contributed by atoms with van der Waals surface area (Å²) < 4.78 is 35.6. The molecule has 0 aliphatic carbocycles. The van der Waals surface area contributed by atoms with Crippen LogP contribution in [0.1, 0.15) is 5.56 Å². The van der Waals surface area contributed by atoms with Gasteiger partial charge in [0.1, 0.15) is 24.7 Å². The number of methoxy groups -OCH3 is 1. The highest BCUT2D eigenvalue weighted by molar-refractivity contribution is 7.92. The van der Waals surface area contributed by atoms with Crippen LogP contribution in [-0.4, -0.2) is 47.1 Å². The van der Waals surface area contributed by atoms with Crippen molar-refractivity contribution in [2.24, 2.45) is 5.10 Å². The molecule has 154 valence electrons. The lowest BCUT2D eigenvalue weighted by atomic mass is 10.2. The fourth-order valence-electron chi connectivity index (χ4n) is 2.30. The SMILES string of the molecule is C=CCOc1ccc(/C=N\NC(=O)CN(c2ccc(OC)cc2)S(C)(=O)=O)cc1. The maximum Gasteiger partial charge on any atom is 0.260 e. The van der Waals surface area contributed by atoms with E-state index in [-0.39, 0.29) is 0 Å². The largest absolute Gasteiger partial charge is 0.497 e. The lowest BCUT2D eigenvalue weighted by molar-refractivity contribution is -0.119. The third-order valence-electron chi connectivity index (χ3n) is 3.70. The number of nitrogens with zero attached hydrogens (tertiary/aromatic N) is 2. The first-order chi connectivity index (χ1) is 13.8. The minimum Gasteiger partial charge on any atom is -0.497 e. The summed E-state index contributed by atoms with van der Waals surface area (Å²) in [6.07, 6.45) is 4.13. The van der Waals surface area contributed by atoms with E-state index in [1.807, 2.05) is 0 Å². The van der Waals surface area contributed by atoms with Crippen molar-refractivity contribution in [2.45, 2.75) is 0 Å². The van der Waals surface area contributed by atoms with Gasteiger partial charge in [-0.2, -0.15) is 5.10 Å². The van der Waals surface area contributed by atoms with Gasteiger partial charge in [-0.05, 0) is 54.1 Å². The third kappa shape index (κ3) is 6.96. The van der Waals surface area contributed by atoms with E-state index in [4.69, 9.17) is 9.47 Å². The van der Waals surface area contributed by atoms with Gasteiger partial charge in [-0.25, -0.2) is 13.8 Å². The molecule has 0 aliphatic rings. The molecule has 0 unspecified atom stereocenters. The van der Waals surface area contributed by atoms with Crippen molar-refractivity contribution in [1.82, 2.24) is 5.43 Å². The highest BCUT2D eigenvalue weighted by Gasteiger charge is 2.20. The van der Waals surface area contributed by atoms with Crippen LogP contribution >= 0.6 is 0 Å². The number of amides is 1. The van der Waals surface area contributed by atoms with Gasteiger partial charge in [0.25, 0.3) is 5.91 Å². The summed E-state index contributed by atoms with van der Waals surface area (Å²) in [5, 5.41) is 3.87. The van der Waals surface area contributed by atoms with E-state index in [1.54, 1.807) is 54.6 Å². The molecule has 9 heteroatoms. The average molecular weight is 417 g/mol. The van der Waals surface area contributed by atoms with E-state index in [0.717, 1.165) is 16.1 Å². The number of rotatable bonds is 10. The van der Waals surface area contributed by atoms with Crippen LogP contribution in [0.4, 0.5) is 5.69 Å². The molecular formula is C20H23N3O5S.